The van der Waals surface area contributed by atoms with Crippen LogP contribution in [0.3, 0.4) is 0 Å². The van der Waals surface area contributed by atoms with Crippen molar-refractivity contribution < 1.29 is 4.74 Å². The maximum absolute atomic E-state index is 4.95. The number of hydrogen-bond donors (Lipinski definition) is 1. The van der Waals surface area contributed by atoms with Crippen LogP contribution >= 0.6 is 0 Å². The summed E-state index contributed by atoms with van der Waals surface area (Å²) in [6, 6.07) is 0.409. The molecule has 0 saturated carbocycles. The van der Waals surface area contributed by atoms with Crippen LogP contribution in [-0.4, -0.2) is 35.0 Å². The quantitative estimate of drug-likeness (QED) is 0.685. The monoisotopic (exact) mass is 212 g/mol. The highest BCUT2D eigenvalue weighted by atomic mass is 16.5. The van der Waals surface area contributed by atoms with Gasteiger partial charge >= 0.3 is 0 Å². The lowest BCUT2D eigenvalue weighted by atomic mass is 10.3. The van der Waals surface area contributed by atoms with E-state index >= 15 is 0 Å². The number of aromatic nitrogens is 3. The van der Waals surface area contributed by atoms with Crippen molar-refractivity contribution in [3.63, 3.8) is 0 Å². The Morgan fingerprint density at radius 1 is 1.60 bits per heavy atom. The Kier molecular flexibility index (Phi) is 5.28. The van der Waals surface area contributed by atoms with E-state index in [1.807, 2.05) is 4.68 Å². The molecule has 1 rings (SSSR count). The minimum Gasteiger partial charge on any atom is -0.383 e. The molecule has 86 valence electrons. The average Bonchev–Trinajstić information content (AvgIpc) is 2.71. The topological polar surface area (TPSA) is 52.0 Å². The third kappa shape index (κ3) is 3.60. The number of nitrogens with zero attached hydrogens (tertiary/aromatic N) is 3. The summed E-state index contributed by atoms with van der Waals surface area (Å²) in [5.74, 6) is 0.987. The summed E-state index contributed by atoms with van der Waals surface area (Å²) in [5.41, 5.74) is 0. The van der Waals surface area contributed by atoms with E-state index in [4.69, 9.17) is 4.74 Å². The Morgan fingerprint density at radius 3 is 3.07 bits per heavy atom. The third-order valence-corrected chi connectivity index (χ3v) is 2.42. The van der Waals surface area contributed by atoms with Crippen LogP contribution in [0.1, 0.15) is 32.1 Å². The third-order valence-electron chi connectivity index (χ3n) is 2.42. The van der Waals surface area contributed by atoms with Gasteiger partial charge in [0.25, 0.3) is 0 Å². The van der Waals surface area contributed by atoms with Gasteiger partial charge in [0.15, 0.2) is 0 Å². The molecular weight excluding hydrogens is 192 g/mol. The van der Waals surface area contributed by atoms with E-state index in [9.17, 15) is 0 Å². The minimum absolute atomic E-state index is 0.409. The highest BCUT2D eigenvalue weighted by molar-refractivity contribution is 4.86. The lowest BCUT2D eigenvalue weighted by Crippen LogP contribution is -2.22. The predicted molar refractivity (Wildman–Crippen MR) is 58.6 cm³/mol. The summed E-state index contributed by atoms with van der Waals surface area (Å²) < 4.78 is 6.93. The molecule has 0 spiro atoms. The molecule has 0 saturated heterocycles. The van der Waals surface area contributed by atoms with Crippen molar-refractivity contribution in [2.24, 2.45) is 0 Å². The molecule has 15 heavy (non-hydrogen) atoms. The fourth-order valence-corrected chi connectivity index (χ4v) is 1.32. The Morgan fingerprint density at radius 2 is 2.40 bits per heavy atom. The van der Waals surface area contributed by atoms with Gasteiger partial charge in [-0.15, -0.1) is 0 Å². The molecule has 0 fully saturated rings. The normalized spacial score (nSPS) is 13.0. The van der Waals surface area contributed by atoms with Gasteiger partial charge in [0, 0.05) is 13.7 Å². The van der Waals surface area contributed by atoms with Crippen LogP contribution in [0.25, 0.3) is 0 Å². The van der Waals surface area contributed by atoms with Crippen LogP contribution in [0.5, 0.6) is 0 Å². The Balaban J connectivity index is 2.43. The van der Waals surface area contributed by atoms with Crippen molar-refractivity contribution in [3.05, 3.63) is 12.2 Å². The molecule has 5 heteroatoms. The first kappa shape index (κ1) is 12.1. The molecule has 0 aliphatic carbocycles. The van der Waals surface area contributed by atoms with E-state index in [0.717, 1.165) is 31.9 Å². The summed E-state index contributed by atoms with van der Waals surface area (Å²) in [4.78, 5) is 4.23. The molecule has 0 bridgehead atoms. The van der Waals surface area contributed by atoms with Crippen LogP contribution in [0.15, 0.2) is 6.33 Å². The zero-order chi connectivity index (χ0) is 11.1. The van der Waals surface area contributed by atoms with E-state index in [0.29, 0.717) is 6.04 Å². The lowest BCUT2D eigenvalue weighted by molar-refractivity contribution is 0.198. The highest BCUT2D eigenvalue weighted by Crippen LogP contribution is 2.09. The molecule has 0 aromatic carbocycles. The Bertz CT molecular complexity index is 274. The van der Waals surface area contributed by atoms with Gasteiger partial charge in [-0.05, 0) is 13.3 Å². The zero-order valence-electron chi connectivity index (χ0n) is 9.73. The minimum atomic E-state index is 0.409. The van der Waals surface area contributed by atoms with E-state index in [-0.39, 0.29) is 0 Å². The summed E-state index contributed by atoms with van der Waals surface area (Å²) >= 11 is 0. The smallest absolute Gasteiger partial charge is 0.141 e. The maximum Gasteiger partial charge on any atom is 0.141 e. The van der Waals surface area contributed by atoms with E-state index in [1.165, 1.54) is 0 Å². The standard InChI is InChI=1S/C10H20N4O/c1-4-9(2)14-10(12-8-13-14)7-11-5-6-15-3/h8-9,11H,4-7H2,1-3H3. The highest BCUT2D eigenvalue weighted by Gasteiger charge is 2.08. The first-order chi connectivity index (χ1) is 7.29. The SMILES string of the molecule is CCC(C)n1ncnc1CNCCOC. The van der Waals surface area contributed by atoms with E-state index in [1.54, 1.807) is 13.4 Å². The Labute approximate surface area is 90.8 Å². The van der Waals surface area contributed by atoms with Gasteiger partial charge in [0.05, 0.1) is 19.2 Å². The molecule has 1 N–H and O–H groups in total. The van der Waals surface area contributed by atoms with Crippen molar-refractivity contribution in [2.75, 3.05) is 20.3 Å². The fourth-order valence-electron chi connectivity index (χ4n) is 1.32. The van der Waals surface area contributed by atoms with E-state index < -0.39 is 0 Å². The summed E-state index contributed by atoms with van der Waals surface area (Å²) in [6.07, 6.45) is 2.67. The molecular formula is C10H20N4O. The molecule has 0 aliphatic rings. The first-order valence-electron chi connectivity index (χ1n) is 5.37. The number of rotatable bonds is 7. The summed E-state index contributed by atoms with van der Waals surface area (Å²) in [7, 11) is 1.70. The fraction of sp³-hybridized carbons (Fsp3) is 0.800. The molecule has 1 aromatic rings. The maximum atomic E-state index is 4.95. The van der Waals surface area contributed by atoms with Gasteiger partial charge in [0.2, 0.25) is 0 Å². The molecule has 1 aromatic heterocycles. The van der Waals surface area contributed by atoms with Gasteiger partial charge in [-0.25, -0.2) is 9.67 Å². The molecule has 0 radical (unpaired) electrons. The molecule has 0 aliphatic heterocycles. The van der Waals surface area contributed by atoms with Gasteiger partial charge in [-0.3, -0.25) is 0 Å². The predicted octanol–water partition coefficient (Wildman–Crippen LogP) is 0.985. The largest absolute Gasteiger partial charge is 0.383 e. The van der Waals surface area contributed by atoms with Crippen molar-refractivity contribution in [1.82, 2.24) is 20.1 Å². The molecule has 5 nitrogen and oxygen atoms in total. The second-order valence-electron chi connectivity index (χ2n) is 3.55. The van der Waals surface area contributed by atoms with Crippen LogP contribution in [0.2, 0.25) is 0 Å². The van der Waals surface area contributed by atoms with E-state index in [2.05, 4.69) is 29.2 Å². The molecule has 1 atom stereocenters. The molecule has 0 amide bonds. The number of methoxy groups -OCH3 is 1. The van der Waals surface area contributed by atoms with Gasteiger partial charge in [-0.1, -0.05) is 6.92 Å². The second kappa shape index (κ2) is 6.53. The van der Waals surface area contributed by atoms with Crippen LogP contribution in [-0.2, 0) is 11.3 Å². The second-order valence-corrected chi connectivity index (χ2v) is 3.55. The number of nitrogens with one attached hydrogen (secondary N) is 1. The van der Waals surface area contributed by atoms with Crippen molar-refractivity contribution >= 4 is 0 Å². The van der Waals surface area contributed by atoms with Gasteiger partial charge in [-0.2, -0.15) is 5.10 Å². The Hall–Kier alpha value is -0.940. The van der Waals surface area contributed by atoms with Crippen LogP contribution < -0.4 is 5.32 Å². The lowest BCUT2D eigenvalue weighted by Gasteiger charge is -2.12. The number of hydrogen-bond acceptors (Lipinski definition) is 4. The van der Waals surface area contributed by atoms with Crippen molar-refractivity contribution in [3.8, 4) is 0 Å². The summed E-state index contributed by atoms with van der Waals surface area (Å²) in [6.45, 7) is 6.59. The van der Waals surface area contributed by atoms with Crippen molar-refractivity contribution in [2.45, 2.75) is 32.9 Å². The van der Waals surface area contributed by atoms with Crippen LogP contribution in [0.4, 0.5) is 0 Å². The first-order valence-corrected chi connectivity index (χ1v) is 5.37. The molecule has 1 unspecified atom stereocenters. The average molecular weight is 212 g/mol. The summed E-state index contributed by atoms with van der Waals surface area (Å²) in [5, 5.41) is 7.48. The number of ether oxygens (including phenoxy) is 1. The van der Waals surface area contributed by atoms with Gasteiger partial charge < -0.3 is 10.1 Å². The van der Waals surface area contributed by atoms with Crippen molar-refractivity contribution in [1.29, 1.82) is 0 Å². The zero-order valence-corrected chi connectivity index (χ0v) is 9.73. The van der Waals surface area contributed by atoms with Crippen LogP contribution in [0, 0.1) is 0 Å². The van der Waals surface area contributed by atoms with Gasteiger partial charge in [0.1, 0.15) is 12.2 Å². The molecule has 1 heterocycles.